The van der Waals surface area contributed by atoms with Gasteiger partial charge in [0.05, 0.1) is 5.56 Å². The Kier molecular flexibility index (Phi) is 5.29. The van der Waals surface area contributed by atoms with Crippen LogP contribution in [0.1, 0.15) is 46.4 Å². The van der Waals surface area contributed by atoms with Crippen LogP contribution in [-0.2, 0) is 6.42 Å². The molecule has 1 aliphatic rings. The normalized spacial score (nSPS) is 15.5. The van der Waals surface area contributed by atoms with Crippen molar-refractivity contribution in [1.82, 2.24) is 9.88 Å². The summed E-state index contributed by atoms with van der Waals surface area (Å²) in [4.78, 5) is 18.7. The molecule has 0 radical (unpaired) electrons. The van der Waals surface area contributed by atoms with E-state index < -0.39 is 0 Å². The van der Waals surface area contributed by atoms with Crippen molar-refractivity contribution in [3.63, 3.8) is 0 Å². The molecule has 3 rings (SSSR count). The molecular weight excluding hydrogens is 296 g/mol. The van der Waals surface area contributed by atoms with E-state index in [9.17, 15) is 4.79 Å². The number of piperidine rings is 1. The van der Waals surface area contributed by atoms with Gasteiger partial charge < -0.3 is 4.90 Å². The molecule has 1 saturated heterocycles. The van der Waals surface area contributed by atoms with Crippen LogP contribution in [0.25, 0.3) is 0 Å². The Morgan fingerprint density at radius 1 is 1.08 bits per heavy atom. The van der Waals surface area contributed by atoms with Crippen molar-refractivity contribution in [3.05, 3.63) is 65.0 Å². The van der Waals surface area contributed by atoms with E-state index in [0.29, 0.717) is 5.56 Å². The van der Waals surface area contributed by atoms with Crippen molar-refractivity contribution in [2.24, 2.45) is 5.92 Å². The van der Waals surface area contributed by atoms with Gasteiger partial charge in [-0.3, -0.25) is 9.78 Å². The number of likely N-dealkylation sites (tertiary alicyclic amines) is 1. The van der Waals surface area contributed by atoms with Gasteiger partial charge in [-0.2, -0.15) is 0 Å². The average molecular weight is 322 g/mol. The van der Waals surface area contributed by atoms with Crippen LogP contribution < -0.4 is 0 Å². The second-order valence-corrected chi connectivity index (χ2v) is 6.95. The molecule has 1 aromatic carbocycles. The minimum atomic E-state index is 0.125. The molecular formula is C21H26N2O. The van der Waals surface area contributed by atoms with Crippen LogP contribution >= 0.6 is 0 Å². The van der Waals surface area contributed by atoms with Crippen LogP contribution in [0.4, 0.5) is 0 Å². The molecule has 0 bridgehead atoms. The van der Waals surface area contributed by atoms with Gasteiger partial charge in [0.25, 0.3) is 5.91 Å². The number of rotatable bonds is 4. The summed E-state index contributed by atoms with van der Waals surface area (Å²) in [6, 6.07) is 12.6. The minimum Gasteiger partial charge on any atom is -0.339 e. The zero-order valence-electron chi connectivity index (χ0n) is 14.7. The van der Waals surface area contributed by atoms with E-state index in [4.69, 9.17) is 0 Å². The highest BCUT2D eigenvalue weighted by Gasteiger charge is 2.23. The number of carbonyl (C=O) groups excluding carboxylic acids is 1. The van der Waals surface area contributed by atoms with Crippen molar-refractivity contribution in [1.29, 1.82) is 0 Å². The third-order valence-electron chi connectivity index (χ3n) is 5.02. The Bertz CT molecular complexity index is 668. The summed E-state index contributed by atoms with van der Waals surface area (Å²) in [5.41, 5.74) is 4.39. The SMILES string of the molecule is Cc1ccc(CCC2CCN(C(=O)c3ccc(C)nc3)CC2)cc1. The number of amides is 1. The number of hydrogen-bond donors (Lipinski definition) is 0. The molecule has 126 valence electrons. The molecule has 2 heterocycles. The lowest BCUT2D eigenvalue weighted by Crippen LogP contribution is -2.38. The first-order chi connectivity index (χ1) is 11.6. The molecule has 1 fully saturated rings. The summed E-state index contributed by atoms with van der Waals surface area (Å²) in [6.45, 7) is 5.80. The minimum absolute atomic E-state index is 0.125. The number of benzene rings is 1. The lowest BCUT2D eigenvalue weighted by molar-refractivity contribution is 0.0686. The molecule has 0 aliphatic carbocycles. The van der Waals surface area contributed by atoms with Gasteiger partial charge in [-0.05, 0) is 63.1 Å². The van der Waals surface area contributed by atoms with Crippen LogP contribution in [0, 0.1) is 19.8 Å². The maximum absolute atomic E-state index is 12.5. The van der Waals surface area contributed by atoms with Gasteiger partial charge in [0.1, 0.15) is 0 Å². The second kappa shape index (κ2) is 7.61. The van der Waals surface area contributed by atoms with Crippen LogP contribution in [0.2, 0.25) is 0 Å². The van der Waals surface area contributed by atoms with E-state index in [1.54, 1.807) is 6.20 Å². The van der Waals surface area contributed by atoms with Crippen molar-refractivity contribution in [3.8, 4) is 0 Å². The molecule has 1 amide bonds. The quantitative estimate of drug-likeness (QED) is 0.846. The Morgan fingerprint density at radius 2 is 1.79 bits per heavy atom. The maximum atomic E-state index is 12.5. The molecule has 3 heteroatoms. The van der Waals surface area contributed by atoms with Gasteiger partial charge in [0.15, 0.2) is 0 Å². The molecule has 0 N–H and O–H groups in total. The van der Waals surface area contributed by atoms with Gasteiger partial charge in [0, 0.05) is 25.0 Å². The molecule has 0 saturated carbocycles. The van der Waals surface area contributed by atoms with Crippen molar-refractivity contribution in [2.45, 2.75) is 39.5 Å². The van der Waals surface area contributed by atoms with E-state index in [-0.39, 0.29) is 5.91 Å². The molecule has 2 aromatic rings. The number of aryl methyl sites for hydroxylation is 3. The zero-order chi connectivity index (χ0) is 16.9. The van der Waals surface area contributed by atoms with Crippen LogP contribution in [-0.4, -0.2) is 28.9 Å². The first-order valence-corrected chi connectivity index (χ1v) is 8.89. The number of hydrogen-bond acceptors (Lipinski definition) is 2. The molecule has 3 nitrogen and oxygen atoms in total. The summed E-state index contributed by atoms with van der Waals surface area (Å²) in [5, 5.41) is 0. The Balaban J connectivity index is 1.47. The molecule has 1 aromatic heterocycles. The maximum Gasteiger partial charge on any atom is 0.255 e. The monoisotopic (exact) mass is 322 g/mol. The summed E-state index contributed by atoms with van der Waals surface area (Å²) in [5.74, 6) is 0.853. The third-order valence-corrected chi connectivity index (χ3v) is 5.02. The van der Waals surface area contributed by atoms with Crippen LogP contribution in [0.3, 0.4) is 0 Å². The lowest BCUT2D eigenvalue weighted by atomic mass is 9.90. The van der Waals surface area contributed by atoms with E-state index in [0.717, 1.165) is 44.0 Å². The number of nitrogens with zero attached hydrogens (tertiary/aromatic N) is 2. The highest BCUT2D eigenvalue weighted by atomic mass is 16.2. The fraction of sp³-hybridized carbons (Fsp3) is 0.429. The van der Waals surface area contributed by atoms with E-state index >= 15 is 0 Å². The Hall–Kier alpha value is -2.16. The first-order valence-electron chi connectivity index (χ1n) is 8.89. The predicted octanol–water partition coefficient (Wildman–Crippen LogP) is 4.18. The van der Waals surface area contributed by atoms with Crippen LogP contribution in [0.15, 0.2) is 42.6 Å². The molecule has 0 atom stereocenters. The van der Waals surface area contributed by atoms with Gasteiger partial charge in [-0.15, -0.1) is 0 Å². The summed E-state index contributed by atoms with van der Waals surface area (Å²) in [6.07, 6.45) is 6.27. The van der Waals surface area contributed by atoms with Crippen molar-refractivity contribution >= 4 is 5.91 Å². The standard InChI is InChI=1S/C21H26N2O/c1-16-3-6-18(7-4-16)8-9-19-11-13-23(14-12-19)21(24)20-10-5-17(2)22-15-20/h3-7,10,15,19H,8-9,11-14H2,1-2H3. The fourth-order valence-electron chi connectivity index (χ4n) is 3.33. The highest BCUT2D eigenvalue weighted by Crippen LogP contribution is 2.23. The predicted molar refractivity (Wildman–Crippen MR) is 97.1 cm³/mol. The van der Waals surface area contributed by atoms with E-state index in [1.165, 1.54) is 17.5 Å². The largest absolute Gasteiger partial charge is 0.339 e. The van der Waals surface area contributed by atoms with Gasteiger partial charge >= 0.3 is 0 Å². The first kappa shape index (κ1) is 16.7. The Labute approximate surface area is 144 Å². The molecule has 0 spiro atoms. The molecule has 0 unspecified atom stereocenters. The van der Waals surface area contributed by atoms with E-state index in [2.05, 4.69) is 36.2 Å². The lowest BCUT2D eigenvalue weighted by Gasteiger charge is -2.32. The fourth-order valence-corrected chi connectivity index (χ4v) is 3.33. The highest BCUT2D eigenvalue weighted by molar-refractivity contribution is 5.93. The summed E-state index contributed by atoms with van der Waals surface area (Å²) < 4.78 is 0. The zero-order valence-corrected chi connectivity index (χ0v) is 14.7. The van der Waals surface area contributed by atoms with Gasteiger partial charge in [-0.25, -0.2) is 0 Å². The van der Waals surface area contributed by atoms with Crippen molar-refractivity contribution in [2.75, 3.05) is 13.1 Å². The van der Waals surface area contributed by atoms with Gasteiger partial charge in [-0.1, -0.05) is 29.8 Å². The van der Waals surface area contributed by atoms with Crippen molar-refractivity contribution < 1.29 is 4.79 Å². The molecule has 1 aliphatic heterocycles. The molecule has 24 heavy (non-hydrogen) atoms. The topological polar surface area (TPSA) is 33.2 Å². The Morgan fingerprint density at radius 3 is 2.42 bits per heavy atom. The number of pyridine rings is 1. The van der Waals surface area contributed by atoms with Gasteiger partial charge in [0.2, 0.25) is 0 Å². The van der Waals surface area contributed by atoms with E-state index in [1.807, 2.05) is 24.0 Å². The summed E-state index contributed by atoms with van der Waals surface area (Å²) >= 11 is 0. The third kappa shape index (κ3) is 4.22. The summed E-state index contributed by atoms with van der Waals surface area (Å²) in [7, 11) is 0. The number of aromatic nitrogens is 1. The van der Waals surface area contributed by atoms with Crippen LogP contribution in [0.5, 0.6) is 0 Å². The number of carbonyl (C=O) groups is 1. The second-order valence-electron chi connectivity index (χ2n) is 6.95. The smallest absolute Gasteiger partial charge is 0.255 e. The average Bonchev–Trinajstić information content (AvgIpc) is 2.62.